The standard InChI is InChI=1S/C23H29NO4/c1-5-28-22-14-19(26)13-18(20(22)10-6-16(2)3)9-7-17-8-11-21(24-15-25)23(12-17)27-4/h6,8,11-15,26H,5,7,9-10H2,1-4H3,(H,24,25). The molecule has 0 saturated heterocycles. The molecule has 0 unspecified atom stereocenters. The highest BCUT2D eigenvalue weighted by Gasteiger charge is 2.12. The molecule has 0 saturated carbocycles. The molecule has 0 aliphatic carbocycles. The second kappa shape index (κ2) is 10.4. The molecule has 5 heteroatoms. The summed E-state index contributed by atoms with van der Waals surface area (Å²) in [7, 11) is 1.58. The molecule has 5 nitrogen and oxygen atoms in total. The Morgan fingerprint density at radius 2 is 1.93 bits per heavy atom. The van der Waals surface area contributed by atoms with Gasteiger partial charge in [0.1, 0.15) is 17.2 Å². The summed E-state index contributed by atoms with van der Waals surface area (Å²) >= 11 is 0. The Bertz CT molecular complexity index is 839. The number of hydrogen-bond acceptors (Lipinski definition) is 4. The van der Waals surface area contributed by atoms with Crippen LogP contribution in [-0.2, 0) is 24.1 Å². The number of phenols is 1. The number of anilines is 1. The van der Waals surface area contributed by atoms with Crippen molar-refractivity contribution in [2.24, 2.45) is 0 Å². The molecule has 0 radical (unpaired) electrons. The molecule has 0 fully saturated rings. The lowest BCUT2D eigenvalue weighted by molar-refractivity contribution is -0.105. The predicted molar refractivity (Wildman–Crippen MR) is 112 cm³/mol. The molecule has 0 bridgehead atoms. The summed E-state index contributed by atoms with van der Waals surface area (Å²) < 4.78 is 11.1. The van der Waals surface area contributed by atoms with Crippen molar-refractivity contribution >= 4 is 12.1 Å². The van der Waals surface area contributed by atoms with E-state index in [-0.39, 0.29) is 5.75 Å². The number of phenolic OH excluding ortho intramolecular Hbond substituents is 1. The Hall–Kier alpha value is -2.95. The summed E-state index contributed by atoms with van der Waals surface area (Å²) in [6.07, 6.45) is 5.09. The van der Waals surface area contributed by atoms with Gasteiger partial charge in [-0.1, -0.05) is 17.7 Å². The van der Waals surface area contributed by atoms with Crippen molar-refractivity contribution in [2.75, 3.05) is 19.0 Å². The molecule has 2 aromatic carbocycles. The molecular formula is C23H29NO4. The van der Waals surface area contributed by atoms with Gasteiger partial charge in [-0.15, -0.1) is 0 Å². The van der Waals surface area contributed by atoms with Crippen LogP contribution in [0.2, 0.25) is 0 Å². The molecule has 0 atom stereocenters. The second-order valence-electron chi connectivity index (χ2n) is 6.80. The third-order valence-corrected chi connectivity index (χ3v) is 4.46. The number of nitrogens with one attached hydrogen (secondary N) is 1. The maximum absolute atomic E-state index is 10.7. The molecule has 28 heavy (non-hydrogen) atoms. The smallest absolute Gasteiger partial charge is 0.211 e. The van der Waals surface area contributed by atoms with E-state index in [9.17, 15) is 9.90 Å². The van der Waals surface area contributed by atoms with Crippen LogP contribution in [0.4, 0.5) is 5.69 Å². The zero-order chi connectivity index (χ0) is 20.5. The second-order valence-corrected chi connectivity index (χ2v) is 6.80. The van der Waals surface area contributed by atoms with E-state index in [1.54, 1.807) is 13.2 Å². The van der Waals surface area contributed by atoms with Crippen molar-refractivity contribution in [2.45, 2.75) is 40.0 Å². The number of aromatic hydroxyl groups is 1. The summed E-state index contributed by atoms with van der Waals surface area (Å²) in [5.41, 5.74) is 5.13. The number of rotatable bonds is 10. The van der Waals surface area contributed by atoms with E-state index in [1.807, 2.05) is 31.2 Å². The van der Waals surface area contributed by atoms with Crippen molar-refractivity contribution < 1.29 is 19.4 Å². The highest BCUT2D eigenvalue weighted by molar-refractivity contribution is 5.75. The van der Waals surface area contributed by atoms with Gasteiger partial charge < -0.3 is 19.9 Å². The average Bonchev–Trinajstić information content (AvgIpc) is 2.66. The number of ether oxygens (including phenoxy) is 2. The number of benzene rings is 2. The van der Waals surface area contributed by atoms with Gasteiger partial charge in [0.15, 0.2) is 0 Å². The first kappa shape index (κ1) is 21.4. The lowest BCUT2D eigenvalue weighted by atomic mass is 9.96. The minimum atomic E-state index is 0.211. The summed E-state index contributed by atoms with van der Waals surface area (Å²) in [5.74, 6) is 1.57. The number of allylic oxidation sites excluding steroid dienone is 2. The van der Waals surface area contributed by atoms with Crippen LogP contribution >= 0.6 is 0 Å². The Balaban J connectivity index is 2.29. The molecule has 1 amide bonds. The van der Waals surface area contributed by atoms with Gasteiger partial charge in [0, 0.05) is 11.6 Å². The molecule has 0 aliphatic rings. The molecule has 2 N–H and O–H groups in total. The fourth-order valence-corrected chi connectivity index (χ4v) is 3.09. The molecule has 0 aliphatic heterocycles. The SMILES string of the molecule is CCOc1cc(O)cc(CCc2ccc(NC=O)c(OC)c2)c1CC=C(C)C. The fraction of sp³-hybridized carbons (Fsp3) is 0.348. The normalized spacial score (nSPS) is 10.3. The largest absolute Gasteiger partial charge is 0.508 e. The number of carbonyl (C=O) groups is 1. The van der Waals surface area contributed by atoms with Crippen LogP contribution < -0.4 is 14.8 Å². The van der Waals surface area contributed by atoms with E-state index in [2.05, 4.69) is 25.2 Å². The van der Waals surface area contributed by atoms with Crippen molar-refractivity contribution in [3.63, 3.8) is 0 Å². The minimum Gasteiger partial charge on any atom is -0.508 e. The van der Waals surface area contributed by atoms with E-state index in [0.29, 0.717) is 24.5 Å². The van der Waals surface area contributed by atoms with Gasteiger partial charge in [-0.2, -0.15) is 0 Å². The van der Waals surface area contributed by atoms with Gasteiger partial charge in [-0.25, -0.2) is 0 Å². The van der Waals surface area contributed by atoms with E-state index >= 15 is 0 Å². The van der Waals surface area contributed by atoms with Crippen molar-refractivity contribution in [3.8, 4) is 17.2 Å². The Labute approximate surface area is 167 Å². The van der Waals surface area contributed by atoms with Crippen LogP contribution in [0.25, 0.3) is 0 Å². The topological polar surface area (TPSA) is 67.8 Å². The monoisotopic (exact) mass is 383 g/mol. The number of hydrogen-bond donors (Lipinski definition) is 2. The van der Waals surface area contributed by atoms with E-state index in [0.717, 1.165) is 41.7 Å². The number of methoxy groups -OCH3 is 1. The maximum Gasteiger partial charge on any atom is 0.211 e. The van der Waals surface area contributed by atoms with Crippen LogP contribution in [0, 0.1) is 0 Å². The molecule has 0 heterocycles. The summed E-state index contributed by atoms with van der Waals surface area (Å²) in [4.78, 5) is 10.7. The van der Waals surface area contributed by atoms with Gasteiger partial charge in [-0.3, -0.25) is 4.79 Å². The van der Waals surface area contributed by atoms with Gasteiger partial charge in [-0.05, 0) is 69.4 Å². The molecule has 2 rings (SSSR count). The number of carbonyl (C=O) groups excluding carboxylic acids is 1. The zero-order valence-electron chi connectivity index (χ0n) is 17.0. The first-order valence-electron chi connectivity index (χ1n) is 9.46. The van der Waals surface area contributed by atoms with Crippen LogP contribution in [0.3, 0.4) is 0 Å². The zero-order valence-corrected chi connectivity index (χ0v) is 17.0. The van der Waals surface area contributed by atoms with Crippen LogP contribution in [0.5, 0.6) is 17.2 Å². The Morgan fingerprint density at radius 3 is 2.57 bits per heavy atom. The van der Waals surface area contributed by atoms with Gasteiger partial charge in [0.2, 0.25) is 6.41 Å². The first-order chi connectivity index (χ1) is 13.5. The van der Waals surface area contributed by atoms with E-state index in [1.165, 1.54) is 5.57 Å². The Morgan fingerprint density at radius 1 is 1.14 bits per heavy atom. The Kier molecular flexibility index (Phi) is 7.93. The first-order valence-corrected chi connectivity index (χ1v) is 9.46. The fourth-order valence-electron chi connectivity index (χ4n) is 3.09. The summed E-state index contributed by atoms with van der Waals surface area (Å²) in [6.45, 7) is 6.63. The molecule has 2 aromatic rings. The third kappa shape index (κ3) is 5.78. The van der Waals surface area contributed by atoms with Crippen LogP contribution in [0.15, 0.2) is 42.0 Å². The molecule has 0 spiro atoms. The minimum absolute atomic E-state index is 0.211. The molecule has 150 valence electrons. The van der Waals surface area contributed by atoms with Crippen molar-refractivity contribution in [3.05, 3.63) is 58.7 Å². The van der Waals surface area contributed by atoms with Crippen LogP contribution in [-0.4, -0.2) is 25.2 Å². The molecule has 0 aromatic heterocycles. The van der Waals surface area contributed by atoms with Crippen LogP contribution in [0.1, 0.15) is 37.5 Å². The number of amides is 1. The van der Waals surface area contributed by atoms with Gasteiger partial charge in [0.25, 0.3) is 0 Å². The highest BCUT2D eigenvalue weighted by atomic mass is 16.5. The van der Waals surface area contributed by atoms with E-state index < -0.39 is 0 Å². The van der Waals surface area contributed by atoms with Gasteiger partial charge in [0.05, 0.1) is 19.4 Å². The summed E-state index contributed by atoms with van der Waals surface area (Å²) in [6, 6.07) is 9.23. The van der Waals surface area contributed by atoms with Crippen molar-refractivity contribution in [1.29, 1.82) is 0 Å². The van der Waals surface area contributed by atoms with Gasteiger partial charge >= 0.3 is 0 Å². The lowest BCUT2D eigenvalue weighted by Crippen LogP contribution is -2.03. The van der Waals surface area contributed by atoms with E-state index in [4.69, 9.17) is 9.47 Å². The average molecular weight is 383 g/mol. The molecular weight excluding hydrogens is 354 g/mol. The highest BCUT2D eigenvalue weighted by Crippen LogP contribution is 2.31. The predicted octanol–water partition coefficient (Wildman–Crippen LogP) is 4.66. The quantitative estimate of drug-likeness (QED) is 0.462. The van der Waals surface area contributed by atoms with Crippen molar-refractivity contribution in [1.82, 2.24) is 0 Å². The maximum atomic E-state index is 10.7. The number of aryl methyl sites for hydroxylation is 2. The third-order valence-electron chi connectivity index (χ3n) is 4.46. The lowest BCUT2D eigenvalue weighted by Gasteiger charge is -2.16. The summed E-state index contributed by atoms with van der Waals surface area (Å²) in [5, 5.41) is 12.8.